The first-order valence-corrected chi connectivity index (χ1v) is 12.0. The van der Waals surface area contributed by atoms with E-state index in [2.05, 4.69) is 41.4 Å². The molecule has 31 heavy (non-hydrogen) atoms. The number of amides is 1. The van der Waals surface area contributed by atoms with Crippen molar-refractivity contribution in [3.05, 3.63) is 35.5 Å². The number of hydrogen-bond acceptors (Lipinski definition) is 6. The molecule has 8 heteroatoms. The summed E-state index contributed by atoms with van der Waals surface area (Å²) in [7, 11) is 0. The van der Waals surface area contributed by atoms with Crippen LogP contribution in [0.25, 0.3) is 16.0 Å². The number of nitrogens with zero attached hydrogens (tertiary/aromatic N) is 4. The minimum absolute atomic E-state index is 0.00291. The molecule has 0 bridgehead atoms. The Morgan fingerprint density at radius 2 is 2.06 bits per heavy atom. The normalized spacial score (nSPS) is 21.7. The van der Waals surface area contributed by atoms with E-state index in [0.717, 1.165) is 65.7 Å². The predicted octanol–water partition coefficient (Wildman–Crippen LogP) is 3.61. The van der Waals surface area contributed by atoms with Gasteiger partial charge < -0.3 is 15.0 Å². The number of rotatable bonds is 5. The van der Waals surface area contributed by atoms with Gasteiger partial charge in [-0.1, -0.05) is 29.0 Å². The molecule has 2 saturated heterocycles. The molecule has 0 saturated carbocycles. The number of anilines is 1. The van der Waals surface area contributed by atoms with Crippen LogP contribution < -0.4 is 10.2 Å². The van der Waals surface area contributed by atoms with Gasteiger partial charge in [0.25, 0.3) is 0 Å². The molecule has 2 aromatic heterocycles. The maximum atomic E-state index is 12.8. The molecule has 0 radical (unpaired) electrons. The maximum absolute atomic E-state index is 12.8. The largest absolute Gasteiger partial charge is 0.376 e. The van der Waals surface area contributed by atoms with Crippen LogP contribution in [0.2, 0.25) is 0 Å². The highest BCUT2D eigenvalue weighted by atomic mass is 32.1. The number of aromatic nitrogens is 3. The molecule has 1 N–H and O–H groups in total. The van der Waals surface area contributed by atoms with E-state index in [9.17, 15) is 4.79 Å². The van der Waals surface area contributed by atoms with Crippen LogP contribution in [-0.2, 0) is 9.53 Å². The number of benzene rings is 1. The average Bonchev–Trinajstić information content (AvgIpc) is 3.52. The highest BCUT2D eigenvalue weighted by Gasteiger charge is 2.29. The van der Waals surface area contributed by atoms with E-state index < -0.39 is 0 Å². The van der Waals surface area contributed by atoms with E-state index in [1.54, 1.807) is 11.3 Å². The lowest BCUT2D eigenvalue weighted by atomic mass is 9.97. The number of nitrogens with one attached hydrogen (secondary N) is 1. The van der Waals surface area contributed by atoms with E-state index >= 15 is 0 Å². The molecule has 2 atom stereocenters. The first kappa shape index (κ1) is 20.5. The van der Waals surface area contributed by atoms with Crippen molar-refractivity contribution in [1.29, 1.82) is 0 Å². The fourth-order valence-electron chi connectivity index (χ4n) is 4.45. The highest BCUT2D eigenvalue weighted by Crippen LogP contribution is 2.34. The van der Waals surface area contributed by atoms with Gasteiger partial charge in [0, 0.05) is 26.2 Å². The quantitative estimate of drug-likeness (QED) is 0.658. The van der Waals surface area contributed by atoms with Crippen molar-refractivity contribution in [1.82, 2.24) is 20.1 Å². The van der Waals surface area contributed by atoms with Crippen LogP contribution in [-0.4, -0.2) is 53.0 Å². The van der Waals surface area contributed by atoms with E-state index in [1.807, 2.05) is 11.6 Å². The first-order valence-electron chi connectivity index (χ1n) is 11.2. The summed E-state index contributed by atoms with van der Waals surface area (Å²) in [4.78, 5) is 20.0. The topological polar surface area (TPSA) is 72.3 Å². The minimum atomic E-state index is -0.00291. The van der Waals surface area contributed by atoms with Gasteiger partial charge in [-0.15, -0.1) is 0 Å². The lowest BCUT2D eigenvalue weighted by Crippen LogP contribution is -2.44. The van der Waals surface area contributed by atoms with E-state index in [0.29, 0.717) is 13.1 Å². The molecule has 5 rings (SSSR count). The van der Waals surface area contributed by atoms with Crippen LogP contribution in [0.5, 0.6) is 0 Å². The molecule has 0 spiro atoms. The molecular weight excluding hydrogens is 410 g/mol. The van der Waals surface area contributed by atoms with Crippen molar-refractivity contribution in [3.8, 4) is 5.69 Å². The van der Waals surface area contributed by atoms with Gasteiger partial charge in [0.1, 0.15) is 0 Å². The van der Waals surface area contributed by atoms with E-state index in [4.69, 9.17) is 14.8 Å². The zero-order valence-corrected chi connectivity index (χ0v) is 19.0. The van der Waals surface area contributed by atoms with E-state index in [1.165, 1.54) is 5.56 Å². The third kappa shape index (κ3) is 4.19. The van der Waals surface area contributed by atoms with Gasteiger partial charge in [0.15, 0.2) is 10.8 Å². The number of fused-ring (bicyclic) bond motifs is 1. The zero-order valence-electron chi connectivity index (χ0n) is 18.1. The van der Waals surface area contributed by atoms with Crippen molar-refractivity contribution in [2.45, 2.75) is 45.6 Å². The third-order valence-electron chi connectivity index (χ3n) is 6.25. The van der Waals surface area contributed by atoms with Crippen LogP contribution >= 0.6 is 11.3 Å². The minimum Gasteiger partial charge on any atom is -0.376 e. The SMILES string of the molecule is Cc1ccc(-n2nc(C)c3sc(N4CCCC(C(=O)NCC5CCCO5)C4)nc32)cc1. The monoisotopic (exact) mass is 439 g/mol. The molecular formula is C23H29N5O2S. The maximum Gasteiger partial charge on any atom is 0.224 e. The Morgan fingerprint density at radius 1 is 1.23 bits per heavy atom. The zero-order chi connectivity index (χ0) is 21.4. The van der Waals surface area contributed by atoms with Crippen molar-refractivity contribution in [2.75, 3.05) is 31.1 Å². The van der Waals surface area contributed by atoms with Crippen molar-refractivity contribution >= 4 is 32.7 Å². The molecule has 3 aromatic rings. The number of piperidine rings is 1. The predicted molar refractivity (Wildman–Crippen MR) is 123 cm³/mol. The number of hydrogen-bond donors (Lipinski definition) is 1. The van der Waals surface area contributed by atoms with Gasteiger partial charge in [-0.25, -0.2) is 4.68 Å². The summed E-state index contributed by atoms with van der Waals surface area (Å²) in [5.74, 6) is 0.139. The second kappa shape index (κ2) is 8.59. The fraction of sp³-hybridized carbons (Fsp3) is 0.522. The Hall–Kier alpha value is -2.45. The lowest BCUT2D eigenvalue weighted by molar-refractivity contribution is -0.125. The summed E-state index contributed by atoms with van der Waals surface area (Å²) in [5, 5.41) is 8.80. The van der Waals surface area contributed by atoms with Crippen LogP contribution in [0.15, 0.2) is 24.3 Å². The Balaban J connectivity index is 1.32. The van der Waals surface area contributed by atoms with Gasteiger partial charge in [0.2, 0.25) is 5.91 Å². The Kier molecular flexibility index (Phi) is 5.67. The summed E-state index contributed by atoms with van der Waals surface area (Å²) in [6.45, 7) is 7.20. The number of carbonyl (C=O) groups excluding carboxylic acids is 1. The smallest absolute Gasteiger partial charge is 0.224 e. The molecule has 7 nitrogen and oxygen atoms in total. The summed E-state index contributed by atoms with van der Waals surface area (Å²) < 4.78 is 8.67. The highest BCUT2D eigenvalue weighted by molar-refractivity contribution is 7.22. The standard InChI is InChI=1S/C23H29N5O2S/c1-15-7-9-18(10-8-15)28-21-20(16(2)26-28)31-23(25-21)27-11-3-5-17(14-27)22(29)24-13-19-6-4-12-30-19/h7-10,17,19H,3-6,11-14H2,1-2H3,(H,24,29). The van der Waals surface area contributed by atoms with Gasteiger partial charge in [-0.3, -0.25) is 4.79 Å². The van der Waals surface area contributed by atoms with Gasteiger partial charge >= 0.3 is 0 Å². The molecule has 0 aliphatic carbocycles. The number of ether oxygens (including phenoxy) is 1. The van der Waals surface area contributed by atoms with Crippen molar-refractivity contribution in [2.24, 2.45) is 5.92 Å². The molecule has 4 heterocycles. The summed E-state index contributed by atoms with van der Waals surface area (Å²) in [6, 6.07) is 8.34. The molecule has 2 aliphatic rings. The second-order valence-corrected chi connectivity index (χ2v) is 9.62. The van der Waals surface area contributed by atoms with Gasteiger partial charge in [-0.05, 0) is 51.7 Å². The Labute approximate surface area is 186 Å². The first-order chi connectivity index (χ1) is 15.1. The van der Waals surface area contributed by atoms with Gasteiger partial charge in [0.05, 0.1) is 28.1 Å². The van der Waals surface area contributed by atoms with E-state index in [-0.39, 0.29) is 17.9 Å². The third-order valence-corrected chi connectivity index (χ3v) is 7.46. The fourth-order valence-corrected chi connectivity index (χ4v) is 5.47. The van der Waals surface area contributed by atoms with Crippen molar-refractivity contribution < 1.29 is 9.53 Å². The number of thiazole rings is 1. The molecule has 1 amide bonds. The summed E-state index contributed by atoms with van der Waals surface area (Å²) >= 11 is 1.68. The van der Waals surface area contributed by atoms with Crippen LogP contribution in [0, 0.1) is 19.8 Å². The van der Waals surface area contributed by atoms with Crippen molar-refractivity contribution in [3.63, 3.8) is 0 Å². The van der Waals surface area contributed by atoms with Crippen LogP contribution in [0.3, 0.4) is 0 Å². The summed E-state index contributed by atoms with van der Waals surface area (Å²) in [6.07, 6.45) is 4.24. The Morgan fingerprint density at radius 3 is 2.84 bits per heavy atom. The molecule has 2 aliphatic heterocycles. The summed E-state index contributed by atoms with van der Waals surface area (Å²) in [5.41, 5.74) is 4.12. The Bertz CT molecular complexity index is 1070. The van der Waals surface area contributed by atoms with Crippen LogP contribution in [0.1, 0.15) is 36.9 Å². The average molecular weight is 440 g/mol. The number of carbonyl (C=O) groups is 1. The van der Waals surface area contributed by atoms with Gasteiger partial charge in [-0.2, -0.15) is 10.1 Å². The molecule has 1 aromatic carbocycles. The second-order valence-electron chi connectivity index (χ2n) is 8.65. The molecule has 2 fully saturated rings. The number of aryl methyl sites for hydroxylation is 2. The lowest BCUT2D eigenvalue weighted by Gasteiger charge is -2.31. The molecule has 164 valence electrons. The van der Waals surface area contributed by atoms with Crippen LogP contribution in [0.4, 0.5) is 5.13 Å². The molecule has 2 unspecified atom stereocenters.